The molecule has 0 spiro atoms. The first kappa shape index (κ1) is 17.7. The van der Waals surface area contributed by atoms with E-state index in [1.54, 1.807) is 0 Å². The van der Waals surface area contributed by atoms with Crippen molar-refractivity contribution >= 4 is 0 Å². The summed E-state index contributed by atoms with van der Waals surface area (Å²) in [6.45, 7) is 12.8. The average Bonchev–Trinajstić information content (AvgIpc) is 2.36. The topological polar surface area (TPSA) is 20.2 Å². The lowest BCUT2D eigenvalue weighted by atomic mass is 9.67. The van der Waals surface area contributed by atoms with Crippen molar-refractivity contribution in [2.45, 2.75) is 54.1 Å². The van der Waals surface area contributed by atoms with Gasteiger partial charge in [0.15, 0.2) is 0 Å². The lowest BCUT2D eigenvalue weighted by molar-refractivity contribution is 0.117. The lowest BCUT2D eigenvalue weighted by Crippen LogP contribution is -2.32. The molecule has 0 heterocycles. The molecule has 21 heavy (non-hydrogen) atoms. The van der Waals surface area contributed by atoms with Crippen molar-refractivity contribution in [3.05, 3.63) is 59.3 Å². The van der Waals surface area contributed by atoms with E-state index in [9.17, 15) is 5.11 Å². The van der Waals surface area contributed by atoms with Crippen LogP contribution in [0.15, 0.2) is 59.3 Å². The summed E-state index contributed by atoms with van der Waals surface area (Å²) in [5.41, 5.74) is 3.88. The molecular weight excluding hydrogens is 256 g/mol. The van der Waals surface area contributed by atoms with Crippen molar-refractivity contribution < 1.29 is 5.11 Å². The Morgan fingerprint density at radius 1 is 1.24 bits per heavy atom. The standard InChI is InChI=1S/C20H30O/c1-7-15(2)9-8-10-16(3)11-12-19-17(4)13-18(21)14-20(19,5)6/h7-13,18-19,21H,14H2,1-6H3/b9-8+,12-11+,15-7+,16-10+. The van der Waals surface area contributed by atoms with Gasteiger partial charge in [0.25, 0.3) is 0 Å². The maximum absolute atomic E-state index is 9.88. The number of aliphatic hydroxyl groups is 1. The quantitative estimate of drug-likeness (QED) is 0.544. The summed E-state index contributed by atoms with van der Waals surface area (Å²) in [4.78, 5) is 0. The molecule has 116 valence electrons. The SMILES string of the molecule is C/C=C(C)/C=C/C=C(C)/C=C/C1C(C)=CC(O)CC1(C)C. The van der Waals surface area contributed by atoms with Crippen LogP contribution in [0.4, 0.5) is 0 Å². The summed E-state index contributed by atoms with van der Waals surface area (Å²) in [6, 6.07) is 0. The van der Waals surface area contributed by atoms with Gasteiger partial charge in [-0.3, -0.25) is 0 Å². The van der Waals surface area contributed by atoms with Crippen LogP contribution in [0.3, 0.4) is 0 Å². The molecule has 0 aromatic heterocycles. The van der Waals surface area contributed by atoms with Gasteiger partial charge in [-0.2, -0.15) is 0 Å². The van der Waals surface area contributed by atoms with Crippen molar-refractivity contribution in [3.8, 4) is 0 Å². The first-order chi connectivity index (χ1) is 9.76. The Labute approximate surface area is 130 Å². The monoisotopic (exact) mass is 286 g/mol. The maximum atomic E-state index is 9.88. The summed E-state index contributed by atoms with van der Waals surface area (Å²) in [6.07, 6.45) is 15.4. The van der Waals surface area contributed by atoms with Crippen LogP contribution in [0.1, 0.15) is 48.0 Å². The van der Waals surface area contributed by atoms with E-state index in [0.717, 1.165) is 6.42 Å². The fourth-order valence-electron chi connectivity index (χ4n) is 2.91. The van der Waals surface area contributed by atoms with Crippen molar-refractivity contribution in [3.63, 3.8) is 0 Å². The van der Waals surface area contributed by atoms with E-state index in [1.807, 2.05) is 13.0 Å². The highest BCUT2D eigenvalue weighted by molar-refractivity contribution is 5.29. The third-order valence-corrected chi connectivity index (χ3v) is 4.25. The number of hydrogen-bond acceptors (Lipinski definition) is 1. The Balaban J connectivity index is 2.81. The van der Waals surface area contributed by atoms with Crippen LogP contribution >= 0.6 is 0 Å². The van der Waals surface area contributed by atoms with E-state index >= 15 is 0 Å². The number of aliphatic hydroxyl groups excluding tert-OH is 1. The molecule has 1 rings (SSSR count). The molecule has 1 nitrogen and oxygen atoms in total. The summed E-state index contributed by atoms with van der Waals surface area (Å²) >= 11 is 0. The highest BCUT2D eigenvalue weighted by Crippen LogP contribution is 2.41. The maximum Gasteiger partial charge on any atom is 0.0729 e. The Bertz CT molecular complexity index is 498. The van der Waals surface area contributed by atoms with Crippen LogP contribution in [0.25, 0.3) is 0 Å². The van der Waals surface area contributed by atoms with Crippen LogP contribution in [-0.2, 0) is 0 Å². The molecule has 1 aliphatic rings. The first-order valence-corrected chi connectivity index (χ1v) is 7.78. The summed E-state index contributed by atoms with van der Waals surface area (Å²) in [5.74, 6) is 0.394. The van der Waals surface area contributed by atoms with E-state index in [0.29, 0.717) is 5.92 Å². The van der Waals surface area contributed by atoms with Gasteiger partial charge in [-0.05, 0) is 39.5 Å². The predicted molar refractivity (Wildman–Crippen MR) is 93.1 cm³/mol. The molecule has 2 unspecified atom stereocenters. The Morgan fingerprint density at radius 2 is 1.90 bits per heavy atom. The van der Waals surface area contributed by atoms with Gasteiger partial charge < -0.3 is 5.11 Å². The lowest BCUT2D eigenvalue weighted by Gasteiger charge is -2.38. The zero-order valence-electron chi connectivity index (χ0n) is 14.4. The summed E-state index contributed by atoms with van der Waals surface area (Å²) < 4.78 is 0. The van der Waals surface area contributed by atoms with Gasteiger partial charge in [0, 0.05) is 5.92 Å². The van der Waals surface area contributed by atoms with Gasteiger partial charge in [0.1, 0.15) is 0 Å². The molecule has 1 N–H and O–H groups in total. The van der Waals surface area contributed by atoms with Crippen molar-refractivity contribution in [2.75, 3.05) is 0 Å². The van der Waals surface area contributed by atoms with Crippen molar-refractivity contribution in [1.82, 2.24) is 0 Å². The molecular formula is C20H30O. The second kappa shape index (κ2) is 7.61. The van der Waals surface area contributed by atoms with Crippen molar-refractivity contribution in [1.29, 1.82) is 0 Å². The minimum absolute atomic E-state index is 0.104. The number of allylic oxidation sites excluding steroid dienone is 9. The molecule has 0 aliphatic heterocycles. The Kier molecular flexibility index (Phi) is 6.42. The highest BCUT2D eigenvalue weighted by Gasteiger charge is 2.34. The third kappa shape index (κ3) is 5.51. The molecule has 0 fully saturated rings. The van der Waals surface area contributed by atoms with Gasteiger partial charge in [0.05, 0.1) is 6.10 Å². The minimum atomic E-state index is -0.298. The molecule has 0 aromatic carbocycles. The molecule has 0 saturated heterocycles. The second-order valence-electron chi connectivity index (χ2n) is 6.81. The minimum Gasteiger partial charge on any atom is -0.389 e. The van der Waals surface area contributed by atoms with Gasteiger partial charge in [-0.15, -0.1) is 0 Å². The Hall–Kier alpha value is -1.34. The zero-order chi connectivity index (χ0) is 16.0. The fraction of sp³-hybridized carbons (Fsp3) is 0.500. The molecule has 0 bridgehead atoms. The molecule has 1 heteroatoms. The predicted octanol–water partition coefficient (Wildman–Crippen LogP) is 5.36. The molecule has 1 aliphatic carbocycles. The zero-order valence-corrected chi connectivity index (χ0v) is 14.4. The fourth-order valence-corrected chi connectivity index (χ4v) is 2.91. The van der Waals surface area contributed by atoms with E-state index in [2.05, 4.69) is 71.1 Å². The number of rotatable bonds is 4. The van der Waals surface area contributed by atoms with Gasteiger partial charge >= 0.3 is 0 Å². The van der Waals surface area contributed by atoms with Crippen LogP contribution in [-0.4, -0.2) is 11.2 Å². The second-order valence-corrected chi connectivity index (χ2v) is 6.81. The molecule has 0 aromatic rings. The molecule has 0 amide bonds. The molecule has 0 saturated carbocycles. The smallest absolute Gasteiger partial charge is 0.0729 e. The van der Waals surface area contributed by atoms with Gasteiger partial charge in [-0.25, -0.2) is 0 Å². The van der Waals surface area contributed by atoms with E-state index in [4.69, 9.17) is 0 Å². The van der Waals surface area contributed by atoms with E-state index in [-0.39, 0.29) is 11.5 Å². The first-order valence-electron chi connectivity index (χ1n) is 7.78. The van der Waals surface area contributed by atoms with E-state index in [1.165, 1.54) is 16.7 Å². The molecule has 0 radical (unpaired) electrons. The number of hydrogen-bond donors (Lipinski definition) is 1. The van der Waals surface area contributed by atoms with Crippen molar-refractivity contribution in [2.24, 2.45) is 11.3 Å². The van der Waals surface area contributed by atoms with Gasteiger partial charge in [-0.1, -0.05) is 73.1 Å². The molecule has 2 atom stereocenters. The van der Waals surface area contributed by atoms with Crippen LogP contribution in [0.5, 0.6) is 0 Å². The Morgan fingerprint density at radius 3 is 2.48 bits per heavy atom. The van der Waals surface area contributed by atoms with Gasteiger partial charge in [0.2, 0.25) is 0 Å². The van der Waals surface area contributed by atoms with Crippen LogP contribution in [0, 0.1) is 11.3 Å². The third-order valence-electron chi connectivity index (χ3n) is 4.25. The summed E-state index contributed by atoms with van der Waals surface area (Å²) in [5, 5.41) is 9.88. The summed E-state index contributed by atoms with van der Waals surface area (Å²) in [7, 11) is 0. The largest absolute Gasteiger partial charge is 0.389 e. The van der Waals surface area contributed by atoms with Crippen LogP contribution < -0.4 is 0 Å². The highest BCUT2D eigenvalue weighted by atomic mass is 16.3. The normalized spacial score (nSPS) is 27.5. The van der Waals surface area contributed by atoms with E-state index < -0.39 is 0 Å². The average molecular weight is 286 g/mol. The van der Waals surface area contributed by atoms with Crippen LogP contribution in [0.2, 0.25) is 0 Å².